The summed E-state index contributed by atoms with van der Waals surface area (Å²) in [5, 5.41) is 0. The molecule has 94 valence electrons. The Morgan fingerprint density at radius 2 is 2.12 bits per heavy atom. The van der Waals surface area contributed by atoms with E-state index in [4.69, 9.17) is 5.73 Å². The molecule has 4 nitrogen and oxygen atoms in total. The molecule has 0 atom stereocenters. The number of sulfonamides is 1. The maximum atomic E-state index is 13.5. The summed E-state index contributed by atoms with van der Waals surface area (Å²) in [5.74, 6) is -0.281. The topological polar surface area (TPSA) is 72.2 Å². The summed E-state index contributed by atoms with van der Waals surface area (Å²) in [7, 11) is -3.43. The maximum Gasteiger partial charge on any atom is 0.233 e. The molecule has 2 rings (SSSR count). The first-order valence-corrected chi connectivity index (χ1v) is 7.14. The number of nitrogens with two attached hydrogens (primary N) is 1. The van der Waals surface area contributed by atoms with Crippen LogP contribution in [0.3, 0.4) is 0 Å². The summed E-state index contributed by atoms with van der Waals surface area (Å²) >= 11 is 0. The van der Waals surface area contributed by atoms with Crippen LogP contribution in [0.1, 0.15) is 18.4 Å². The van der Waals surface area contributed by atoms with Gasteiger partial charge < -0.3 is 5.73 Å². The van der Waals surface area contributed by atoms with E-state index in [1.54, 1.807) is 6.07 Å². The SMILES string of the molecule is NCc1ccc(NS(=O)(=O)CC2CC2)c(F)c1. The fourth-order valence-corrected chi connectivity index (χ4v) is 3.11. The van der Waals surface area contributed by atoms with Gasteiger partial charge in [-0.05, 0) is 36.5 Å². The molecule has 3 N–H and O–H groups in total. The minimum absolute atomic E-state index is 0.0112. The standard InChI is InChI=1S/C11H15FN2O2S/c12-10-5-9(6-13)3-4-11(10)14-17(15,16)7-8-1-2-8/h3-5,8,14H,1-2,6-7,13H2. The number of halogens is 1. The van der Waals surface area contributed by atoms with E-state index in [-0.39, 0.29) is 23.9 Å². The van der Waals surface area contributed by atoms with Crippen LogP contribution in [0, 0.1) is 11.7 Å². The zero-order valence-corrected chi connectivity index (χ0v) is 10.1. The second-order valence-electron chi connectivity index (χ2n) is 4.35. The quantitative estimate of drug-likeness (QED) is 0.839. The van der Waals surface area contributed by atoms with E-state index in [0.29, 0.717) is 5.56 Å². The van der Waals surface area contributed by atoms with Crippen molar-refractivity contribution in [1.29, 1.82) is 0 Å². The zero-order chi connectivity index (χ0) is 12.5. The van der Waals surface area contributed by atoms with E-state index in [0.717, 1.165) is 12.8 Å². The highest BCUT2D eigenvalue weighted by Crippen LogP contribution is 2.31. The molecule has 0 unspecified atom stereocenters. The first kappa shape index (κ1) is 12.3. The van der Waals surface area contributed by atoms with Crippen molar-refractivity contribution in [3.8, 4) is 0 Å². The number of rotatable bonds is 5. The van der Waals surface area contributed by atoms with Crippen molar-refractivity contribution in [3.63, 3.8) is 0 Å². The lowest BCUT2D eigenvalue weighted by molar-refractivity contribution is 0.595. The largest absolute Gasteiger partial charge is 0.326 e. The molecule has 1 fully saturated rings. The van der Waals surface area contributed by atoms with E-state index in [1.165, 1.54) is 12.1 Å². The van der Waals surface area contributed by atoms with Gasteiger partial charge in [0.15, 0.2) is 0 Å². The molecule has 0 aliphatic heterocycles. The minimum Gasteiger partial charge on any atom is -0.326 e. The second kappa shape index (κ2) is 4.62. The Balaban J connectivity index is 2.12. The van der Waals surface area contributed by atoms with Crippen LogP contribution in [0.15, 0.2) is 18.2 Å². The summed E-state index contributed by atoms with van der Waals surface area (Å²) in [4.78, 5) is 0. The third kappa shape index (κ3) is 3.41. The summed E-state index contributed by atoms with van der Waals surface area (Å²) in [6, 6.07) is 4.26. The molecule has 0 radical (unpaired) electrons. The molecule has 0 amide bonds. The van der Waals surface area contributed by atoms with Crippen LogP contribution in [0.25, 0.3) is 0 Å². The van der Waals surface area contributed by atoms with Crippen molar-refractivity contribution in [2.75, 3.05) is 10.5 Å². The van der Waals surface area contributed by atoms with Crippen LogP contribution in [0.5, 0.6) is 0 Å². The van der Waals surface area contributed by atoms with Gasteiger partial charge in [0.1, 0.15) is 5.82 Å². The number of hydrogen-bond acceptors (Lipinski definition) is 3. The highest BCUT2D eigenvalue weighted by atomic mass is 32.2. The van der Waals surface area contributed by atoms with Crippen LogP contribution in [0.2, 0.25) is 0 Å². The minimum atomic E-state index is -3.43. The van der Waals surface area contributed by atoms with Gasteiger partial charge in [0.25, 0.3) is 0 Å². The third-order valence-electron chi connectivity index (χ3n) is 2.69. The molecule has 0 bridgehead atoms. The monoisotopic (exact) mass is 258 g/mol. The van der Waals surface area contributed by atoms with Crippen LogP contribution in [-0.2, 0) is 16.6 Å². The molecule has 0 saturated heterocycles. The molecule has 17 heavy (non-hydrogen) atoms. The molecule has 1 aromatic carbocycles. The first-order chi connectivity index (χ1) is 8.00. The smallest absolute Gasteiger partial charge is 0.233 e. The van der Waals surface area contributed by atoms with E-state index < -0.39 is 15.8 Å². The molecule has 1 aliphatic carbocycles. The predicted octanol–water partition coefficient (Wildman–Crippen LogP) is 1.44. The average molecular weight is 258 g/mol. The Morgan fingerprint density at radius 3 is 2.65 bits per heavy atom. The van der Waals surface area contributed by atoms with Gasteiger partial charge in [-0.3, -0.25) is 4.72 Å². The number of nitrogens with one attached hydrogen (secondary N) is 1. The molecule has 1 saturated carbocycles. The van der Waals surface area contributed by atoms with Gasteiger partial charge in [0, 0.05) is 6.54 Å². The number of benzene rings is 1. The van der Waals surface area contributed by atoms with E-state index in [1.807, 2.05) is 0 Å². The van der Waals surface area contributed by atoms with Crippen molar-refractivity contribution in [2.24, 2.45) is 11.7 Å². The van der Waals surface area contributed by atoms with Crippen molar-refractivity contribution in [2.45, 2.75) is 19.4 Å². The van der Waals surface area contributed by atoms with Crippen molar-refractivity contribution < 1.29 is 12.8 Å². The molecule has 0 aromatic heterocycles. The Morgan fingerprint density at radius 1 is 1.41 bits per heavy atom. The fourth-order valence-electron chi connectivity index (χ4n) is 1.57. The number of hydrogen-bond donors (Lipinski definition) is 2. The molecular weight excluding hydrogens is 243 g/mol. The van der Waals surface area contributed by atoms with Crippen molar-refractivity contribution in [3.05, 3.63) is 29.6 Å². The lowest BCUT2D eigenvalue weighted by atomic mass is 10.2. The molecule has 6 heteroatoms. The van der Waals surface area contributed by atoms with Crippen molar-refractivity contribution >= 4 is 15.7 Å². The fraction of sp³-hybridized carbons (Fsp3) is 0.455. The highest BCUT2D eigenvalue weighted by Gasteiger charge is 2.28. The lowest BCUT2D eigenvalue weighted by Gasteiger charge is -2.09. The maximum absolute atomic E-state index is 13.5. The van der Waals surface area contributed by atoms with Gasteiger partial charge in [0.2, 0.25) is 10.0 Å². The van der Waals surface area contributed by atoms with Crippen LogP contribution in [-0.4, -0.2) is 14.2 Å². The van der Waals surface area contributed by atoms with E-state index >= 15 is 0 Å². The average Bonchev–Trinajstić information content (AvgIpc) is 3.04. The second-order valence-corrected chi connectivity index (χ2v) is 6.11. The Labute approximate surface area is 100 Å². The van der Waals surface area contributed by atoms with Gasteiger partial charge >= 0.3 is 0 Å². The molecule has 1 aromatic rings. The molecule has 0 spiro atoms. The molecule has 1 aliphatic rings. The summed E-state index contributed by atoms with van der Waals surface area (Å²) in [6.45, 7) is 0.228. The Hall–Kier alpha value is -1.14. The van der Waals surface area contributed by atoms with Gasteiger partial charge in [-0.1, -0.05) is 6.07 Å². The van der Waals surface area contributed by atoms with Gasteiger partial charge in [-0.15, -0.1) is 0 Å². The molecule has 0 heterocycles. The van der Waals surface area contributed by atoms with Gasteiger partial charge in [-0.2, -0.15) is 0 Å². The third-order valence-corrected chi connectivity index (χ3v) is 4.13. The zero-order valence-electron chi connectivity index (χ0n) is 9.32. The normalized spacial score (nSPS) is 15.9. The highest BCUT2D eigenvalue weighted by molar-refractivity contribution is 7.92. The summed E-state index contributed by atoms with van der Waals surface area (Å²) < 4.78 is 39.1. The van der Waals surface area contributed by atoms with Gasteiger partial charge in [0.05, 0.1) is 11.4 Å². The first-order valence-electron chi connectivity index (χ1n) is 5.49. The van der Waals surface area contributed by atoms with E-state index in [9.17, 15) is 12.8 Å². The predicted molar refractivity (Wildman–Crippen MR) is 64.4 cm³/mol. The van der Waals surface area contributed by atoms with E-state index in [2.05, 4.69) is 4.72 Å². The summed E-state index contributed by atoms with van der Waals surface area (Å²) in [5.41, 5.74) is 5.99. The lowest BCUT2D eigenvalue weighted by Crippen LogP contribution is -2.18. The van der Waals surface area contributed by atoms with Crippen LogP contribution < -0.4 is 10.5 Å². The Kier molecular flexibility index (Phi) is 3.35. The molecular formula is C11H15FN2O2S. The van der Waals surface area contributed by atoms with Crippen LogP contribution in [0.4, 0.5) is 10.1 Å². The summed E-state index contributed by atoms with van der Waals surface area (Å²) in [6.07, 6.45) is 1.88. The van der Waals surface area contributed by atoms with Gasteiger partial charge in [-0.25, -0.2) is 12.8 Å². The number of anilines is 1. The van der Waals surface area contributed by atoms with Crippen molar-refractivity contribution in [1.82, 2.24) is 0 Å². The Bertz CT molecular complexity index is 512. The van der Waals surface area contributed by atoms with Crippen LogP contribution >= 0.6 is 0 Å².